The molecule has 2 aromatic heterocycles. The van der Waals surface area contributed by atoms with E-state index >= 15 is 0 Å². The van der Waals surface area contributed by atoms with Gasteiger partial charge in [-0.3, -0.25) is 4.79 Å². The van der Waals surface area contributed by atoms with Crippen LogP contribution >= 0.6 is 11.3 Å². The zero-order chi connectivity index (χ0) is 15.2. The summed E-state index contributed by atoms with van der Waals surface area (Å²) < 4.78 is 5.47. The summed E-state index contributed by atoms with van der Waals surface area (Å²) in [6.45, 7) is 7.65. The number of ether oxygens (including phenoxy) is 1. The third kappa shape index (κ3) is 2.38. The SMILES string of the molecule is Cc1ccc2c(N)c(C(=O)N3CCOCC3(C)C)sc2n1. The van der Waals surface area contributed by atoms with E-state index in [0.29, 0.717) is 30.3 Å². The predicted molar refractivity (Wildman–Crippen MR) is 84.7 cm³/mol. The average molecular weight is 305 g/mol. The molecule has 6 heteroatoms. The van der Waals surface area contributed by atoms with Crippen molar-refractivity contribution < 1.29 is 9.53 Å². The number of nitrogens with zero attached hydrogens (tertiary/aromatic N) is 2. The smallest absolute Gasteiger partial charge is 0.266 e. The Kier molecular flexibility index (Phi) is 3.37. The number of fused-ring (bicyclic) bond motifs is 1. The Labute approximate surface area is 127 Å². The molecule has 1 fully saturated rings. The van der Waals surface area contributed by atoms with Gasteiger partial charge in [0.05, 0.1) is 24.4 Å². The van der Waals surface area contributed by atoms with Crippen LogP contribution in [0.1, 0.15) is 29.2 Å². The van der Waals surface area contributed by atoms with Crippen molar-refractivity contribution in [3.63, 3.8) is 0 Å². The van der Waals surface area contributed by atoms with Crippen LogP contribution in [0.3, 0.4) is 0 Å². The molecule has 21 heavy (non-hydrogen) atoms. The molecule has 1 aliphatic heterocycles. The minimum absolute atomic E-state index is 0.0264. The second-order valence-electron chi connectivity index (χ2n) is 5.97. The first-order valence-electron chi connectivity index (χ1n) is 6.95. The molecule has 0 aromatic carbocycles. The Balaban J connectivity index is 2.03. The van der Waals surface area contributed by atoms with Crippen molar-refractivity contribution in [1.29, 1.82) is 0 Å². The quantitative estimate of drug-likeness (QED) is 0.878. The van der Waals surface area contributed by atoms with Gasteiger partial charge in [0, 0.05) is 17.6 Å². The molecule has 0 radical (unpaired) electrons. The summed E-state index contributed by atoms with van der Waals surface area (Å²) in [5.41, 5.74) is 7.32. The molecular formula is C15H19N3O2S. The second-order valence-corrected chi connectivity index (χ2v) is 6.97. The van der Waals surface area contributed by atoms with Gasteiger partial charge in [-0.05, 0) is 32.9 Å². The Morgan fingerprint density at radius 1 is 1.48 bits per heavy atom. The molecule has 0 unspecified atom stereocenters. The lowest BCUT2D eigenvalue weighted by atomic mass is 10.0. The van der Waals surface area contributed by atoms with E-state index in [4.69, 9.17) is 10.5 Å². The first-order valence-corrected chi connectivity index (χ1v) is 7.77. The van der Waals surface area contributed by atoms with Crippen molar-refractivity contribution in [3.8, 4) is 0 Å². The van der Waals surface area contributed by atoms with Crippen molar-refractivity contribution in [2.45, 2.75) is 26.3 Å². The maximum Gasteiger partial charge on any atom is 0.266 e. The van der Waals surface area contributed by atoms with Gasteiger partial charge in [0.15, 0.2) is 0 Å². The summed E-state index contributed by atoms with van der Waals surface area (Å²) in [5.74, 6) is -0.0264. The molecule has 0 atom stereocenters. The van der Waals surface area contributed by atoms with E-state index < -0.39 is 0 Å². The number of thiophene rings is 1. The summed E-state index contributed by atoms with van der Waals surface area (Å²) in [6, 6.07) is 3.85. The number of carbonyl (C=O) groups is 1. The Hall–Kier alpha value is -1.66. The van der Waals surface area contributed by atoms with Crippen LogP contribution in [0.25, 0.3) is 10.2 Å². The van der Waals surface area contributed by atoms with Crippen LogP contribution in [0.2, 0.25) is 0 Å². The van der Waals surface area contributed by atoms with E-state index in [1.807, 2.05) is 37.8 Å². The van der Waals surface area contributed by atoms with Crippen LogP contribution in [-0.2, 0) is 4.74 Å². The summed E-state index contributed by atoms with van der Waals surface area (Å²) >= 11 is 1.37. The first-order chi connectivity index (χ1) is 9.90. The molecule has 0 aliphatic carbocycles. The van der Waals surface area contributed by atoms with Crippen molar-refractivity contribution in [2.24, 2.45) is 0 Å². The lowest BCUT2D eigenvalue weighted by molar-refractivity contribution is -0.0368. The number of amides is 1. The first kappa shape index (κ1) is 14.3. The van der Waals surface area contributed by atoms with Crippen LogP contribution in [-0.4, -0.2) is 41.1 Å². The summed E-state index contributed by atoms with van der Waals surface area (Å²) in [6.07, 6.45) is 0. The van der Waals surface area contributed by atoms with Gasteiger partial charge in [-0.15, -0.1) is 11.3 Å². The summed E-state index contributed by atoms with van der Waals surface area (Å²) in [4.78, 5) is 20.6. The molecule has 3 rings (SSSR count). The van der Waals surface area contributed by atoms with Crippen LogP contribution < -0.4 is 5.73 Å². The molecule has 1 amide bonds. The summed E-state index contributed by atoms with van der Waals surface area (Å²) in [7, 11) is 0. The lowest BCUT2D eigenvalue weighted by Gasteiger charge is -2.41. The highest BCUT2D eigenvalue weighted by Crippen LogP contribution is 2.35. The second kappa shape index (κ2) is 4.96. The number of aromatic nitrogens is 1. The van der Waals surface area contributed by atoms with E-state index in [1.165, 1.54) is 11.3 Å². The third-order valence-corrected chi connectivity index (χ3v) is 4.92. The largest absolute Gasteiger partial charge is 0.397 e. The van der Waals surface area contributed by atoms with Crippen LogP contribution in [0.15, 0.2) is 12.1 Å². The van der Waals surface area contributed by atoms with E-state index in [9.17, 15) is 4.79 Å². The highest BCUT2D eigenvalue weighted by molar-refractivity contribution is 7.21. The molecule has 112 valence electrons. The number of pyridine rings is 1. The molecule has 1 aliphatic rings. The van der Waals surface area contributed by atoms with E-state index in [2.05, 4.69) is 4.98 Å². The number of nitrogens with two attached hydrogens (primary N) is 1. The molecule has 0 saturated carbocycles. The molecule has 0 bridgehead atoms. The lowest BCUT2D eigenvalue weighted by Crippen LogP contribution is -2.55. The van der Waals surface area contributed by atoms with E-state index in [-0.39, 0.29) is 11.4 Å². The van der Waals surface area contributed by atoms with Crippen LogP contribution in [0.4, 0.5) is 5.69 Å². The van der Waals surface area contributed by atoms with Gasteiger partial charge in [0.2, 0.25) is 0 Å². The number of anilines is 1. The standard InChI is InChI=1S/C15H19N3O2S/c1-9-4-5-10-11(16)12(21-13(10)17-9)14(19)18-6-7-20-8-15(18,2)3/h4-5H,6-8,16H2,1-3H3. The maximum atomic E-state index is 12.9. The Morgan fingerprint density at radius 3 is 2.95 bits per heavy atom. The number of hydrogen-bond acceptors (Lipinski definition) is 5. The molecular weight excluding hydrogens is 286 g/mol. The molecule has 0 spiro atoms. The number of morpholine rings is 1. The van der Waals surface area contributed by atoms with E-state index in [0.717, 1.165) is 15.9 Å². The normalized spacial score (nSPS) is 18.1. The van der Waals surface area contributed by atoms with Crippen molar-refractivity contribution in [1.82, 2.24) is 9.88 Å². The molecule has 3 heterocycles. The van der Waals surface area contributed by atoms with Gasteiger partial charge in [0.1, 0.15) is 9.71 Å². The number of rotatable bonds is 1. The fourth-order valence-corrected chi connectivity index (χ4v) is 3.69. The zero-order valence-electron chi connectivity index (χ0n) is 12.5. The maximum absolute atomic E-state index is 12.9. The van der Waals surface area contributed by atoms with Gasteiger partial charge in [-0.1, -0.05) is 0 Å². The molecule has 1 saturated heterocycles. The van der Waals surface area contributed by atoms with Gasteiger partial charge in [-0.2, -0.15) is 0 Å². The van der Waals surface area contributed by atoms with Gasteiger partial charge in [-0.25, -0.2) is 4.98 Å². The minimum atomic E-state index is -0.318. The Morgan fingerprint density at radius 2 is 2.24 bits per heavy atom. The fourth-order valence-electron chi connectivity index (χ4n) is 2.61. The third-order valence-electron chi connectivity index (χ3n) is 3.82. The van der Waals surface area contributed by atoms with Gasteiger partial charge >= 0.3 is 0 Å². The number of aryl methyl sites for hydroxylation is 1. The monoisotopic (exact) mass is 305 g/mol. The topological polar surface area (TPSA) is 68.5 Å². The van der Waals surface area contributed by atoms with Crippen molar-refractivity contribution in [3.05, 3.63) is 22.7 Å². The average Bonchev–Trinajstić information content (AvgIpc) is 2.74. The highest BCUT2D eigenvalue weighted by atomic mass is 32.1. The van der Waals surface area contributed by atoms with Crippen molar-refractivity contribution >= 4 is 33.1 Å². The van der Waals surface area contributed by atoms with Crippen LogP contribution in [0.5, 0.6) is 0 Å². The van der Waals surface area contributed by atoms with E-state index in [1.54, 1.807) is 0 Å². The molecule has 2 aromatic rings. The van der Waals surface area contributed by atoms with Crippen LogP contribution in [0, 0.1) is 6.92 Å². The number of hydrogen-bond donors (Lipinski definition) is 1. The number of carbonyl (C=O) groups excluding carboxylic acids is 1. The minimum Gasteiger partial charge on any atom is -0.397 e. The highest BCUT2D eigenvalue weighted by Gasteiger charge is 2.36. The number of nitrogen functional groups attached to an aromatic ring is 1. The molecule has 2 N–H and O–H groups in total. The van der Waals surface area contributed by atoms with Gasteiger partial charge < -0.3 is 15.4 Å². The van der Waals surface area contributed by atoms with Crippen molar-refractivity contribution in [2.75, 3.05) is 25.5 Å². The fraction of sp³-hybridized carbons (Fsp3) is 0.467. The zero-order valence-corrected chi connectivity index (χ0v) is 13.3. The Bertz CT molecular complexity index is 708. The molecule has 5 nitrogen and oxygen atoms in total. The predicted octanol–water partition coefficient (Wildman–Crippen LogP) is 2.44. The summed E-state index contributed by atoms with van der Waals surface area (Å²) in [5, 5.41) is 0.861. The van der Waals surface area contributed by atoms with Gasteiger partial charge in [0.25, 0.3) is 5.91 Å².